The predicted molar refractivity (Wildman–Crippen MR) is 52.2 cm³/mol. The molecule has 4 heteroatoms. The Bertz CT molecular complexity index is 179. The number of carbonyl (C=O) groups is 1. The van der Waals surface area contributed by atoms with Gasteiger partial charge in [-0.15, -0.1) is 11.6 Å². The second kappa shape index (κ2) is 4.17. The fourth-order valence-electron chi connectivity index (χ4n) is 1.33. The van der Waals surface area contributed by atoms with E-state index in [0.29, 0.717) is 12.8 Å². The first kappa shape index (κ1) is 10.6. The van der Waals surface area contributed by atoms with Gasteiger partial charge in [-0.25, -0.2) is 0 Å². The van der Waals surface area contributed by atoms with E-state index >= 15 is 0 Å². The molecule has 1 fully saturated rings. The molecule has 1 saturated carbocycles. The highest BCUT2D eigenvalue weighted by Gasteiger charge is 2.37. The Balaban J connectivity index is 2.67. The van der Waals surface area contributed by atoms with Gasteiger partial charge in [-0.1, -0.05) is 36.0 Å². The smallest absolute Gasteiger partial charge is 0.186 e. The number of halogens is 3. The minimum Gasteiger partial charge on any atom is -0.295 e. The summed E-state index contributed by atoms with van der Waals surface area (Å²) in [4.78, 5) is 11.4. The van der Waals surface area contributed by atoms with Crippen LogP contribution in [-0.2, 0) is 4.79 Å². The van der Waals surface area contributed by atoms with Crippen LogP contribution in [0.4, 0.5) is 0 Å². The molecule has 0 bridgehead atoms. The van der Waals surface area contributed by atoms with Crippen LogP contribution < -0.4 is 0 Å². The summed E-state index contributed by atoms with van der Waals surface area (Å²) in [5.74, 6) is -0.229. The van der Waals surface area contributed by atoms with Crippen LogP contribution >= 0.6 is 34.8 Å². The van der Waals surface area contributed by atoms with Gasteiger partial charge in [-0.3, -0.25) is 4.79 Å². The van der Waals surface area contributed by atoms with Gasteiger partial charge in [0.15, 0.2) is 10.1 Å². The van der Waals surface area contributed by atoms with Crippen molar-refractivity contribution in [1.29, 1.82) is 0 Å². The molecular weight excluding hydrogens is 218 g/mol. The molecule has 0 radical (unpaired) electrons. The quantitative estimate of drug-likeness (QED) is 0.583. The Morgan fingerprint density at radius 2 is 1.92 bits per heavy atom. The molecule has 0 spiro atoms. The Labute approximate surface area is 87.4 Å². The van der Waals surface area contributed by atoms with Crippen molar-refractivity contribution >= 4 is 40.6 Å². The monoisotopic (exact) mass is 228 g/mol. The number of ketones is 1. The topological polar surface area (TPSA) is 17.1 Å². The molecule has 1 aliphatic rings. The van der Waals surface area contributed by atoms with Crippen LogP contribution in [0.15, 0.2) is 0 Å². The van der Waals surface area contributed by atoms with E-state index in [4.69, 9.17) is 34.8 Å². The van der Waals surface area contributed by atoms with E-state index < -0.39 is 9.71 Å². The Morgan fingerprint density at radius 1 is 1.25 bits per heavy atom. The SMILES string of the molecule is O=C1C(Cl)CCCCCC1(Cl)Cl. The van der Waals surface area contributed by atoms with Crippen molar-refractivity contribution < 1.29 is 4.79 Å². The number of hydrogen-bond donors (Lipinski definition) is 0. The molecule has 70 valence electrons. The van der Waals surface area contributed by atoms with Crippen molar-refractivity contribution in [3.8, 4) is 0 Å². The lowest BCUT2D eigenvalue weighted by Gasteiger charge is -2.23. The van der Waals surface area contributed by atoms with E-state index in [1.165, 1.54) is 0 Å². The van der Waals surface area contributed by atoms with Crippen molar-refractivity contribution in [1.82, 2.24) is 0 Å². The van der Waals surface area contributed by atoms with Gasteiger partial charge >= 0.3 is 0 Å². The number of rotatable bonds is 0. The summed E-state index contributed by atoms with van der Waals surface area (Å²) in [5, 5.41) is -0.500. The van der Waals surface area contributed by atoms with E-state index in [1.54, 1.807) is 0 Å². The summed E-state index contributed by atoms with van der Waals surface area (Å²) in [6.07, 6.45) is 4.17. The lowest BCUT2D eigenvalue weighted by atomic mass is 9.99. The summed E-state index contributed by atoms with van der Waals surface area (Å²) in [6.45, 7) is 0. The van der Waals surface area contributed by atoms with Crippen LogP contribution in [0, 0.1) is 0 Å². The van der Waals surface area contributed by atoms with Gasteiger partial charge in [0.1, 0.15) is 0 Å². The third kappa shape index (κ3) is 2.51. The molecular formula is C8H11Cl3O. The lowest BCUT2D eigenvalue weighted by molar-refractivity contribution is -0.119. The lowest BCUT2D eigenvalue weighted by Crippen LogP contribution is -2.34. The summed E-state index contributed by atoms with van der Waals surface area (Å²) >= 11 is 17.5. The van der Waals surface area contributed by atoms with Crippen LogP contribution in [0.25, 0.3) is 0 Å². The standard InChI is InChI=1S/C8H11Cl3O/c9-6-4-2-1-3-5-8(10,11)7(6)12/h6H,1-5H2. The maximum atomic E-state index is 11.4. The Morgan fingerprint density at radius 3 is 2.58 bits per heavy atom. The third-order valence-corrected chi connectivity index (χ3v) is 3.26. The normalized spacial score (nSPS) is 30.9. The van der Waals surface area contributed by atoms with Gasteiger partial charge in [0.2, 0.25) is 0 Å². The molecule has 0 aromatic rings. The first-order valence-electron chi connectivity index (χ1n) is 4.10. The Hall–Kier alpha value is 0.540. The van der Waals surface area contributed by atoms with Crippen molar-refractivity contribution in [2.45, 2.75) is 41.8 Å². The molecule has 1 nitrogen and oxygen atoms in total. The second-order valence-electron chi connectivity index (χ2n) is 3.14. The fourth-order valence-corrected chi connectivity index (χ4v) is 2.31. The van der Waals surface area contributed by atoms with Crippen LogP contribution in [0.1, 0.15) is 32.1 Å². The fraction of sp³-hybridized carbons (Fsp3) is 0.875. The van der Waals surface area contributed by atoms with Crippen molar-refractivity contribution in [2.75, 3.05) is 0 Å². The molecule has 0 amide bonds. The Kier molecular flexibility index (Phi) is 3.69. The van der Waals surface area contributed by atoms with E-state index in [0.717, 1.165) is 19.3 Å². The molecule has 0 saturated heterocycles. The molecule has 1 unspecified atom stereocenters. The zero-order valence-corrected chi connectivity index (χ0v) is 8.92. The van der Waals surface area contributed by atoms with E-state index in [-0.39, 0.29) is 5.78 Å². The average Bonchev–Trinajstić information content (AvgIpc) is 2.00. The molecule has 1 aliphatic carbocycles. The van der Waals surface area contributed by atoms with Gasteiger partial charge < -0.3 is 0 Å². The maximum Gasteiger partial charge on any atom is 0.186 e. The van der Waals surface area contributed by atoms with Crippen LogP contribution in [0.3, 0.4) is 0 Å². The molecule has 1 atom stereocenters. The van der Waals surface area contributed by atoms with Crippen LogP contribution in [0.5, 0.6) is 0 Å². The summed E-state index contributed by atoms with van der Waals surface area (Å²) in [7, 11) is 0. The zero-order chi connectivity index (χ0) is 9.19. The molecule has 1 rings (SSSR count). The number of Topliss-reactive ketones (excluding diaryl/α,β-unsaturated/α-hetero) is 1. The maximum absolute atomic E-state index is 11.4. The second-order valence-corrected chi connectivity index (χ2v) is 5.15. The highest BCUT2D eigenvalue weighted by atomic mass is 35.5. The number of alkyl halides is 3. The predicted octanol–water partition coefficient (Wildman–Crippen LogP) is 3.30. The van der Waals surface area contributed by atoms with Crippen molar-refractivity contribution in [3.05, 3.63) is 0 Å². The van der Waals surface area contributed by atoms with Gasteiger partial charge in [-0.2, -0.15) is 0 Å². The highest BCUT2D eigenvalue weighted by molar-refractivity contribution is 6.60. The number of hydrogen-bond acceptors (Lipinski definition) is 1. The third-order valence-electron chi connectivity index (χ3n) is 2.09. The minimum absolute atomic E-state index is 0.229. The summed E-state index contributed by atoms with van der Waals surface area (Å²) in [5.41, 5.74) is 0. The van der Waals surface area contributed by atoms with Crippen LogP contribution in [-0.4, -0.2) is 15.5 Å². The summed E-state index contributed by atoms with van der Waals surface area (Å²) in [6, 6.07) is 0. The minimum atomic E-state index is -1.24. The zero-order valence-electron chi connectivity index (χ0n) is 6.66. The van der Waals surface area contributed by atoms with E-state index in [1.807, 2.05) is 0 Å². The van der Waals surface area contributed by atoms with E-state index in [2.05, 4.69) is 0 Å². The van der Waals surface area contributed by atoms with Crippen molar-refractivity contribution in [3.63, 3.8) is 0 Å². The molecule has 0 aliphatic heterocycles. The van der Waals surface area contributed by atoms with Gasteiger partial charge in [0, 0.05) is 0 Å². The molecule has 0 aromatic heterocycles. The largest absolute Gasteiger partial charge is 0.295 e. The van der Waals surface area contributed by atoms with Gasteiger partial charge in [-0.05, 0) is 19.3 Å². The van der Waals surface area contributed by atoms with E-state index in [9.17, 15) is 4.79 Å². The van der Waals surface area contributed by atoms with Gasteiger partial charge in [0.25, 0.3) is 0 Å². The van der Waals surface area contributed by atoms with Crippen LogP contribution in [0.2, 0.25) is 0 Å². The molecule has 0 N–H and O–H groups in total. The van der Waals surface area contributed by atoms with Crippen molar-refractivity contribution in [2.24, 2.45) is 0 Å². The first-order valence-corrected chi connectivity index (χ1v) is 5.29. The molecule has 0 aromatic carbocycles. The highest BCUT2D eigenvalue weighted by Crippen LogP contribution is 2.34. The van der Waals surface area contributed by atoms with Gasteiger partial charge in [0.05, 0.1) is 5.38 Å². The first-order chi connectivity index (χ1) is 5.54. The molecule has 0 heterocycles. The molecule has 12 heavy (non-hydrogen) atoms. The average molecular weight is 230 g/mol. The number of carbonyl (C=O) groups excluding carboxylic acids is 1. The summed E-state index contributed by atoms with van der Waals surface area (Å²) < 4.78 is -1.24.